The lowest BCUT2D eigenvalue weighted by atomic mass is 10.2. The molecular weight excluding hydrogens is 489 g/mol. The standard InChI is InChI=1S/C28H26FN5O4/c1-36-21-10-8-19(24(13-21)37-2)14-30-27-26-23(15-35)33-34(28(26)32-17-31-27)20-9-11-22(29)25(12-20)38-16-18-6-4-3-5-7-18/h3-13,17,35H,14-16H2,1-2H3,(H,30,31,32). The molecule has 0 bridgehead atoms. The highest BCUT2D eigenvalue weighted by Gasteiger charge is 2.19. The molecule has 0 amide bonds. The largest absolute Gasteiger partial charge is 0.497 e. The molecule has 9 nitrogen and oxygen atoms in total. The third kappa shape index (κ3) is 5.07. The van der Waals surface area contributed by atoms with E-state index in [4.69, 9.17) is 14.2 Å². The van der Waals surface area contributed by atoms with Gasteiger partial charge in [-0.15, -0.1) is 0 Å². The van der Waals surface area contributed by atoms with E-state index in [9.17, 15) is 9.50 Å². The first-order valence-corrected chi connectivity index (χ1v) is 11.9. The number of aliphatic hydroxyl groups is 1. The first-order valence-electron chi connectivity index (χ1n) is 11.9. The summed E-state index contributed by atoms with van der Waals surface area (Å²) < 4.78 is 32.6. The topological polar surface area (TPSA) is 104 Å². The second-order valence-corrected chi connectivity index (χ2v) is 8.36. The van der Waals surface area contributed by atoms with Crippen molar-refractivity contribution in [1.29, 1.82) is 0 Å². The van der Waals surface area contributed by atoms with E-state index >= 15 is 0 Å². The van der Waals surface area contributed by atoms with Crippen molar-refractivity contribution >= 4 is 16.9 Å². The molecule has 0 aliphatic carbocycles. The van der Waals surface area contributed by atoms with Crippen molar-refractivity contribution < 1.29 is 23.7 Å². The van der Waals surface area contributed by atoms with Gasteiger partial charge in [-0.2, -0.15) is 5.10 Å². The van der Waals surface area contributed by atoms with Crippen molar-refractivity contribution in [2.45, 2.75) is 19.8 Å². The van der Waals surface area contributed by atoms with Crippen LogP contribution in [0.25, 0.3) is 16.7 Å². The molecule has 2 heterocycles. The van der Waals surface area contributed by atoms with Crippen LogP contribution in [0.1, 0.15) is 16.8 Å². The van der Waals surface area contributed by atoms with Crippen LogP contribution >= 0.6 is 0 Å². The van der Waals surface area contributed by atoms with Gasteiger partial charge in [-0.25, -0.2) is 19.0 Å². The molecule has 0 unspecified atom stereocenters. The van der Waals surface area contributed by atoms with Crippen molar-refractivity contribution in [2.75, 3.05) is 19.5 Å². The number of halogens is 1. The van der Waals surface area contributed by atoms with E-state index in [1.165, 1.54) is 17.1 Å². The molecule has 3 aromatic carbocycles. The number of nitrogens with zero attached hydrogens (tertiary/aromatic N) is 4. The second-order valence-electron chi connectivity index (χ2n) is 8.36. The molecule has 5 rings (SSSR count). The quantitative estimate of drug-likeness (QED) is 0.277. The summed E-state index contributed by atoms with van der Waals surface area (Å²) in [5.74, 6) is 1.43. The molecule has 38 heavy (non-hydrogen) atoms. The Morgan fingerprint density at radius 1 is 0.947 bits per heavy atom. The highest BCUT2D eigenvalue weighted by atomic mass is 19.1. The number of ether oxygens (including phenoxy) is 3. The van der Waals surface area contributed by atoms with E-state index in [0.29, 0.717) is 46.3 Å². The first kappa shape index (κ1) is 25.0. The fraction of sp³-hybridized carbons (Fsp3) is 0.179. The van der Waals surface area contributed by atoms with Gasteiger partial charge in [0, 0.05) is 24.2 Å². The number of nitrogens with one attached hydrogen (secondary N) is 1. The van der Waals surface area contributed by atoms with E-state index in [1.807, 2.05) is 42.5 Å². The van der Waals surface area contributed by atoms with Crippen LogP contribution in [0.15, 0.2) is 73.1 Å². The minimum absolute atomic E-state index is 0.0829. The highest BCUT2D eigenvalue weighted by molar-refractivity contribution is 5.90. The van der Waals surface area contributed by atoms with Crippen LogP contribution in [-0.4, -0.2) is 39.1 Å². The summed E-state index contributed by atoms with van der Waals surface area (Å²) in [6, 6.07) is 19.5. The number of hydrogen-bond acceptors (Lipinski definition) is 8. The van der Waals surface area contributed by atoms with E-state index in [1.54, 1.807) is 32.4 Å². The van der Waals surface area contributed by atoms with Crippen LogP contribution in [0.3, 0.4) is 0 Å². The van der Waals surface area contributed by atoms with Crippen molar-refractivity contribution in [1.82, 2.24) is 19.7 Å². The zero-order valence-corrected chi connectivity index (χ0v) is 20.9. The van der Waals surface area contributed by atoms with E-state index in [-0.39, 0.29) is 19.0 Å². The Labute approximate surface area is 218 Å². The molecule has 10 heteroatoms. The van der Waals surface area contributed by atoms with Crippen LogP contribution in [0, 0.1) is 5.82 Å². The van der Waals surface area contributed by atoms with E-state index < -0.39 is 5.82 Å². The molecule has 0 radical (unpaired) electrons. The van der Waals surface area contributed by atoms with Gasteiger partial charge >= 0.3 is 0 Å². The third-order valence-electron chi connectivity index (χ3n) is 6.02. The Hall–Kier alpha value is -4.70. The molecule has 0 saturated heterocycles. The summed E-state index contributed by atoms with van der Waals surface area (Å²) in [6.07, 6.45) is 1.41. The van der Waals surface area contributed by atoms with Gasteiger partial charge in [0.15, 0.2) is 17.2 Å². The molecule has 2 aromatic heterocycles. The van der Waals surface area contributed by atoms with Crippen molar-refractivity contribution in [3.05, 3.63) is 95.7 Å². The first-order chi connectivity index (χ1) is 18.6. The summed E-state index contributed by atoms with van der Waals surface area (Å²) in [7, 11) is 3.19. The normalized spacial score (nSPS) is 10.9. The van der Waals surface area contributed by atoms with Gasteiger partial charge in [-0.3, -0.25) is 0 Å². The number of methoxy groups -OCH3 is 2. The second kappa shape index (κ2) is 11.1. The lowest BCUT2D eigenvalue weighted by Crippen LogP contribution is -2.05. The molecule has 0 atom stereocenters. The summed E-state index contributed by atoms with van der Waals surface area (Å²) in [5.41, 5.74) is 3.16. The van der Waals surface area contributed by atoms with Gasteiger partial charge in [0.1, 0.15) is 35.9 Å². The van der Waals surface area contributed by atoms with E-state index in [2.05, 4.69) is 20.4 Å². The molecule has 0 saturated carbocycles. The zero-order chi connectivity index (χ0) is 26.5. The average molecular weight is 516 g/mol. The third-order valence-corrected chi connectivity index (χ3v) is 6.02. The monoisotopic (exact) mass is 515 g/mol. The maximum atomic E-state index is 14.6. The van der Waals surface area contributed by atoms with E-state index in [0.717, 1.165) is 11.1 Å². The Kier molecular flexibility index (Phi) is 7.32. The van der Waals surface area contributed by atoms with Gasteiger partial charge < -0.3 is 24.6 Å². The van der Waals surface area contributed by atoms with Crippen LogP contribution in [0.5, 0.6) is 17.2 Å². The van der Waals surface area contributed by atoms with Crippen LogP contribution in [0.2, 0.25) is 0 Å². The lowest BCUT2D eigenvalue weighted by Gasteiger charge is -2.12. The number of anilines is 1. The number of aliphatic hydroxyl groups excluding tert-OH is 1. The van der Waals surface area contributed by atoms with Gasteiger partial charge in [-0.05, 0) is 29.8 Å². The Bertz CT molecular complexity index is 1560. The number of aromatic nitrogens is 4. The molecule has 0 spiro atoms. The fourth-order valence-electron chi connectivity index (χ4n) is 4.09. The average Bonchev–Trinajstić information content (AvgIpc) is 3.35. The van der Waals surface area contributed by atoms with Gasteiger partial charge in [0.05, 0.1) is 31.9 Å². The SMILES string of the molecule is COc1ccc(CNc2ncnc3c2c(CO)nn3-c2ccc(F)c(OCc3ccccc3)c2)c(OC)c1. The zero-order valence-electron chi connectivity index (χ0n) is 20.9. The number of benzene rings is 3. The molecule has 0 aliphatic heterocycles. The van der Waals surface area contributed by atoms with Crippen LogP contribution in [0.4, 0.5) is 10.2 Å². The van der Waals surface area contributed by atoms with Gasteiger partial charge in [0.25, 0.3) is 0 Å². The summed E-state index contributed by atoms with van der Waals surface area (Å²) >= 11 is 0. The maximum Gasteiger partial charge on any atom is 0.168 e. The Balaban J connectivity index is 1.46. The molecular formula is C28H26FN5O4. The predicted octanol–water partition coefficient (Wildman–Crippen LogP) is 4.66. The van der Waals surface area contributed by atoms with Gasteiger partial charge in [-0.1, -0.05) is 30.3 Å². The van der Waals surface area contributed by atoms with Crippen molar-refractivity contribution in [3.8, 4) is 22.9 Å². The molecule has 0 fully saturated rings. The summed E-state index contributed by atoms with van der Waals surface area (Å²) in [4.78, 5) is 8.79. The molecule has 2 N–H and O–H groups in total. The van der Waals surface area contributed by atoms with Crippen molar-refractivity contribution in [2.24, 2.45) is 0 Å². The molecule has 5 aromatic rings. The van der Waals surface area contributed by atoms with Crippen LogP contribution < -0.4 is 19.5 Å². The number of fused-ring (bicyclic) bond motifs is 1. The smallest absolute Gasteiger partial charge is 0.168 e. The maximum absolute atomic E-state index is 14.6. The lowest BCUT2D eigenvalue weighted by molar-refractivity contribution is 0.277. The minimum Gasteiger partial charge on any atom is -0.497 e. The Morgan fingerprint density at radius 2 is 1.79 bits per heavy atom. The Morgan fingerprint density at radius 3 is 2.55 bits per heavy atom. The molecule has 0 aliphatic rings. The number of hydrogen-bond donors (Lipinski definition) is 2. The summed E-state index contributed by atoms with van der Waals surface area (Å²) in [5, 5.41) is 18.5. The summed E-state index contributed by atoms with van der Waals surface area (Å²) in [6.45, 7) is 0.271. The van der Waals surface area contributed by atoms with Crippen LogP contribution in [-0.2, 0) is 19.8 Å². The predicted molar refractivity (Wildman–Crippen MR) is 140 cm³/mol. The highest BCUT2D eigenvalue weighted by Crippen LogP contribution is 2.30. The number of rotatable bonds is 10. The fourth-order valence-corrected chi connectivity index (χ4v) is 4.09. The minimum atomic E-state index is -0.492. The van der Waals surface area contributed by atoms with Crippen molar-refractivity contribution in [3.63, 3.8) is 0 Å². The van der Waals surface area contributed by atoms with Gasteiger partial charge in [0.2, 0.25) is 0 Å². The molecule has 194 valence electrons.